The highest BCUT2D eigenvalue weighted by molar-refractivity contribution is 5.79. The van der Waals surface area contributed by atoms with E-state index in [0.717, 1.165) is 45.4 Å². The fraction of sp³-hybridized carbons (Fsp3) is 0.682. The molecule has 0 unspecified atom stereocenters. The number of nitrogens with zero attached hydrogens (tertiary/aromatic N) is 2. The maximum absolute atomic E-state index is 5.76. The van der Waals surface area contributed by atoms with E-state index in [4.69, 9.17) is 9.47 Å². The van der Waals surface area contributed by atoms with Crippen LogP contribution in [0.1, 0.15) is 37.7 Å². The van der Waals surface area contributed by atoms with Gasteiger partial charge in [-0.25, -0.2) is 0 Å². The van der Waals surface area contributed by atoms with Gasteiger partial charge in [0.2, 0.25) is 0 Å². The van der Waals surface area contributed by atoms with Crippen molar-refractivity contribution in [3.8, 4) is 0 Å². The van der Waals surface area contributed by atoms with E-state index in [2.05, 4.69) is 32.7 Å². The lowest BCUT2D eigenvalue weighted by atomic mass is 9.80. The molecule has 0 amide bonds. The predicted octanol–water partition coefficient (Wildman–Crippen LogP) is 2.40. The first-order valence-electron chi connectivity index (χ1n) is 10.7. The summed E-state index contributed by atoms with van der Waals surface area (Å²) in [6.45, 7) is 6.79. The third kappa shape index (κ3) is 6.19. The van der Waals surface area contributed by atoms with Gasteiger partial charge >= 0.3 is 0 Å². The lowest BCUT2D eigenvalue weighted by molar-refractivity contribution is -0.0352. The Hall–Kier alpha value is -1.63. The van der Waals surface area contributed by atoms with Crippen molar-refractivity contribution in [2.45, 2.75) is 44.2 Å². The third-order valence-electron chi connectivity index (χ3n) is 5.93. The first-order valence-corrected chi connectivity index (χ1v) is 10.7. The second kappa shape index (κ2) is 11.4. The minimum atomic E-state index is 0.240. The molecular formula is C22H36N4O2. The van der Waals surface area contributed by atoms with Gasteiger partial charge in [-0.15, -0.1) is 0 Å². The third-order valence-corrected chi connectivity index (χ3v) is 5.93. The van der Waals surface area contributed by atoms with Gasteiger partial charge in [-0.2, -0.15) is 0 Å². The molecule has 1 heterocycles. The van der Waals surface area contributed by atoms with Crippen LogP contribution in [0.25, 0.3) is 0 Å². The molecule has 1 saturated carbocycles. The fourth-order valence-corrected chi connectivity index (χ4v) is 4.33. The zero-order valence-electron chi connectivity index (χ0n) is 17.3. The Morgan fingerprint density at radius 1 is 1.11 bits per heavy atom. The van der Waals surface area contributed by atoms with E-state index in [9.17, 15) is 0 Å². The molecule has 6 nitrogen and oxygen atoms in total. The summed E-state index contributed by atoms with van der Waals surface area (Å²) < 4.78 is 11.3. The summed E-state index contributed by atoms with van der Waals surface area (Å²) in [7, 11) is 1.84. The number of hydrogen-bond acceptors (Lipinski definition) is 4. The normalized spacial score (nSPS) is 20.7. The van der Waals surface area contributed by atoms with Crippen LogP contribution in [-0.2, 0) is 16.1 Å². The molecular weight excluding hydrogens is 352 g/mol. The number of rotatable bonds is 8. The molecule has 6 heteroatoms. The molecule has 1 aromatic carbocycles. The second-order valence-corrected chi connectivity index (χ2v) is 7.78. The van der Waals surface area contributed by atoms with Crippen molar-refractivity contribution in [2.75, 3.05) is 53.0 Å². The number of ether oxygens (including phenoxy) is 2. The molecule has 0 aromatic heterocycles. The number of hydrogen-bond donors (Lipinski definition) is 2. The molecule has 3 rings (SSSR count). The van der Waals surface area contributed by atoms with E-state index in [1.807, 2.05) is 25.2 Å². The second-order valence-electron chi connectivity index (χ2n) is 7.78. The molecule has 0 spiro atoms. The molecule has 1 aliphatic carbocycles. The molecule has 1 aliphatic heterocycles. The lowest BCUT2D eigenvalue weighted by Crippen LogP contribution is -2.60. The van der Waals surface area contributed by atoms with Crippen molar-refractivity contribution in [1.29, 1.82) is 0 Å². The van der Waals surface area contributed by atoms with Gasteiger partial charge in [0.1, 0.15) is 0 Å². The Labute approximate surface area is 169 Å². The first kappa shape index (κ1) is 21.1. The largest absolute Gasteiger partial charge is 0.379 e. The Balaban J connectivity index is 1.41. The van der Waals surface area contributed by atoms with Crippen LogP contribution in [0, 0.1) is 0 Å². The number of benzene rings is 1. The Bertz CT molecular complexity index is 581. The molecule has 1 saturated heterocycles. The first-order chi connectivity index (χ1) is 13.8. The van der Waals surface area contributed by atoms with Gasteiger partial charge < -0.3 is 20.1 Å². The van der Waals surface area contributed by atoms with Crippen molar-refractivity contribution in [3.05, 3.63) is 35.9 Å². The van der Waals surface area contributed by atoms with Crippen LogP contribution in [-0.4, -0.2) is 69.4 Å². The quantitative estimate of drug-likeness (QED) is 0.407. The van der Waals surface area contributed by atoms with E-state index in [0.29, 0.717) is 13.2 Å². The van der Waals surface area contributed by atoms with Gasteiger partial charge in [0.05, 0.1) is 26.4 Å². The fourth-order valence-electron chi connectivity index (χ4n) is 4.33. The highest BCUT2D eigenvalue weighted by atomic mass is 16.5. The van der Waals surface area contributed by atoms with Crippen molar-refractivity contribution >= 4 is 5.96 Å². The SMILES string of the molecule is CN=C(NCCOCc1ccccc1)NCC1(N2CCOCC2)CCCCC1. The van der Waals surface area contributed by atoms with Gasteiger partial charge in [-0.05, 0) is 18.4 Å². The summed E-state index contributed by atoms with van der Waals surface area (Å²) in [5, 5.41) is 6.97. The van der Waals surface area contributed by atoms with Crippen LogP contribution in [0.15, 0.2) is 35.3 Å². The molecule has 2 N–H and O–H groups in total. The summed E-state index contributed by atoms with van der Waals surface area (Å²) >= 11 is 0. The van der Waals surface area contributed by atoms with Gasteiger partial charge in [-0.3, -0.25) is 9.89 Å². The minimum absolute atomic E-state index is 0.240. The van der Waals surface area contributed by atoms with Gasteiger partial charge in [0, 0.05) is 38.8 Å². The van der Waals surface area contributed by atoms with E-state index >= 15 is 0 Å². The minimum Gasteiger partial charge on any atom is -0.379 e. The zero-order valence-corrected chi connectivity index (χ0v) is 17.3. The zero-order chi connectivity index (χ0) is 19.5. The summed E-state index contributed by atoms with van der Waals surface area (Å²) in [5.74, 6) is 0.863. The highest BCUT2D eigenvalue weighted by Crippen LogP contribution is 2.33. The summed E-state index contributed by atoms with van der Waals surface area (Å²) in [6, 6.07) is 10.3. The van der Waals surface area contributed by atoms with Crippen LogP contribution in [0.4, 0.5) is 0 Å². The van der Waals surface area contributed by atoms with Crippen molar-refractivity contribution < 1.29 is 9.47 Å². The molecule has 0 atom stereocenters. The average molecular weight is 389 g/mol. The maximum atomic E-state index is 5.76. The summed E-state index contributed by atoms with van der Waals surface area (Å²) in [5.41, 5.74) is 1.44. The number of nitrogens with one attached hydrogen (secondary N) is 2. The Kier molecular flexibility index (Phi) is 8.58. The molecule has 2 fully saturated rings. The molecule has 1 aromatic rings. The van der Waals surface area contributed by atoms with Crippen LogP contribution < -0.4 is 10.6 Å². The standard InChI is InChI=1S/C22H36N4O2/c1-23-21(24-12-15-28-18-20-8-4-2-5-9-20)25-19-22(10-6-3-7-11-22)26-13-16-27-17-14-26/h2,4-5,8-9H,3,6-7,10-19H2,1H3,(H2,23,24,25). The monoisotopic (exact) mass is 388 g/mol. The predicted molar refractivity (Wildman–Crippen MR) is 114 cm³/mol. The van der Waals surface area contributed by atoms with E-state index in [-0.39, 0.29) is 5.54 Å². The van der Waals surface area contributed by atoms with E-state index in [1.165, 1.54) is 37.7 Å². The van der Waals surface area contributed by atoms with Crippen LogP contribution in [0.5, 0.6) is 0 Å². The number of guanidine groups is 1. The topological polar surface area (TPSA) is 58.1 Å². The van der Waals surface area contributed by atoms with Crippen LogP contribution in [0.3, 0.4) is 0 Å². The van der Waals surface area contributed by atoms with Gasteiger partial charge in [0.15, 0.2) is 5.96 Å². The van der Waals surface area contributed by atoms with E-state index < -0.39 is 0 Å². The van der Waals surface area contributed by atoms with Crippen LogP contribution >= 0.6 is 0 Å². The summed E-state index contributed by atoms with van der Waals surface area (Å²) in [4.78, 5) is 7.05. The molecule has 0 radical (unpaired) electrons. The van der Waals surface area contributed by atoms with Crippen molar-refractivity contribution in [1.82, 2.24) is 15.5 Å². The van der Waals surface area contributed by atoms with Gasteiger partial charge in [0.25, 0.3) is 0 Å². The van der Waals surface area contributed by atoms with E-state index in [1.54, 1.807) is 0 Å². The molecule has 156 valence electrons. The smallest absolute Gasteiger partial charge is 0.191 e. The molecule has 2 aliphatic rings. The lowest BCUT2D eigenvalue weighted by Gasteiger charge is -2.48. The van der Waals surface area contributed by atoms with Gasteiger partial charge in [-0.1, -0.05) is 49.6 Å². The average Bonchev–Trinajstić information content (AvgIpc) is 2.77. The Morgan fingerprint density at radius 2 is 1.86 bits per heavy atom. The number of aliphatic imine (C=N–C) groups is 1. The Morgan fingerprint density at radius 3 is 2.57 bits per heavy atom. The molecule has 28 heavy (non-hydrogen) atoms. The maximum Gasteiger partial charge on any atom is 0.191 e. The van der Waals surface area contributed by atoms with Crippen LogP contribution in [0.2, 0.25) is 0 Å². The number of morpholine rings is 1. The summed E-state index contributed by atoms with van der Waals surface area (Å²) in [6.07, 6.45) is 6.52. The van der Waals surface area contributed by atoms with Crippen molar-refractivity contribution in [3.63, 3.8) is 0 Å². The highest BCUT2D eigenvalue weighted by Gasteiger charge is 2.38. The van der Waals surface area contributed by atoms with Crippen molar-refractivity contribution in [2.24, 2.45) is 4.99 Å². The molecule has 0 bridgehead atoms.